The Hall–Kier alpha value is -1.39. The van der Waals surface area contributed by atoms with Crippen molar-refractivity contribution in [2.45, 2.75) is 76.5 Å². The zero-order valence-corrected chi connectivity index (χ0v) is 15.8. The molecule has 2 saturated heterocycles. The van der Waals surface area contributed by atoms with Crippen LogP contribution in [0.5, 0.6) is 0 Å². The Morgan fingerprint density at radius 3 is 2.60 bits per heavy atom. The van der Waals surface area contributed by atoms with Gasteiger partial charge in [0.1, 0.15) is 0 Å². The fraction of sp³-hybridized carbons (Fsp3) is 0.667. The Kier molecular flexibility index (Phi) is 5.80. The summed E-state index contributed by atoms with van der Waals surface area (Å²) >= 11 is 0. The molecule has 4 nitrogen and oxygen atoms in total. The maximum atomic E-state index is 11.8. The summed E-state index contributed by atoms with van der Waals surface area (Å²) in [5.74, 6) is 0.163. The van der Waals surface area contributed by atoms with Crippen molar-refractivity contribution < 1.29 is 9.53 Å². The summed E-state index contributed by atoms with van der Waals surface area (Å²) in [5.41, 5.74) is 2.93. The Morgan fingerprint density at radius 1 is 1.20 bits per heavy atom. The minimum atomic E-state index is 0.118. The number of carbonyl (C=O) groups is 1. The number of hydrogen-bond donors (Lipinski definition) is 2. The smallest absolute Gasteiger partial charge is 0.220 e. The number of ether oxygens (including phenoxy) is 1. The zero-order chi connectivity index (χ0) is 17.9. The van der Waals surface area contributed by atoms with Crippen LogP contribution in [0.15, 0.2) is 24.3 Å². The lowest BCUT2D eigenvalue weighted by atomic mass is 9.86. The number of piperidine rings is 1. The van der Waals surface area contributed by atoms with E-state index in [1.807, 2.05) is 0 Å². The van der Waals surface area contributed by atoms with E-state index in [0.29, 0.717) is 12.5 Å². The average molecular weight is 344 g/mol. The zero-order valence-electron chi connectivity index (χ0n) is 15.8. The van der Waals surface area contributed by atoms with Gasteiger partial charge in [-0.3, -0.25) is 4.79 Å². The van der Waals surface area contributed by atoms with Gasteiger partial charge in [-0.25, -0.2) is 0 Å². The fourth-order valence-corrected chi connectivity index (χ4v) is 3.86. The number of nitrogens with one attached hydrogen (secondary N) is 2. The molecule has 0 aromatic heterocycles. The van der Waals surface area contributed by atoms with Gasteiger partial charge < -0.3 is 15.4 Å². The quantitative estimate of drug-likeness (QED) is 0.863. The minimum absolute atomic E-state index is 0.118. The summed E-state index contributed by atoms with van der Waals surface area (Å²) in [6.45, 7) is 8.48. The van der Waals surface area contributed by atoms with Gasteiger partial charge in [-0.15, -0.1) is 0 Å². The van der Waals surface area contributed by atoms with E-state index in [4.69, 9.17) is 4.74 Å². The summed E-state index contributed by atoms with van der Waals surface area (Å²) in [4.78, 5) is 11.8. The van der Waals surface area contributed by atoms with Crippen molar-refractivity contribution in [3.8, 4) is 0 Å². The number of rotatable bonds is 5. The normalized spacial score (nSPS) is 27.3. The van der Waals surface area contributed by atoms with Gasteiger partial charge in [0.15, 0.2) is 0 Å². The first-order valence-electron chi connectivity index (χ1n) is 9.67. The molecule has 3 atom stereocenters. The molecular weight excluding hydrogens is 312 g/mol. The van der Waals surface area contributed by atoms with Crippen molar-refractivity contribution in [3.05, 3.63) is 35.4 Å². The second-order valence-corrected chi connectivity index (χ2v) is 8.44. The SMILES string of the molecule is CC(C)(C)c1ccc(CCNC2CCC(=O)NC2C2CCCO2)cc1. The van der Waals surface area contributed by atoms with Crippen molar-refractivity contribution in [1.82, 2.24) is 10.6 Å². The van der Waals surface area contributed by atoms with E-state index in [1.165, 1.54) is 11.1 Å². The molecule has 0 spiro atoms. The van der Waals surface area contributed by atoms with Gasteiger partial charge in [0.25, 0.3) is 0 Å². The number of benzene rings is 1. The molecule has 0 bridgehead atoms. The van der Waals surface area contributed by atoms with E-state index in [2.05, 4.69) is 55.7 Å². The van der Waals surface area contributed by atoms with Crippen LogP contribution in [0, 0.1) is 0 Å². The van der Waals surface area contributed by atoms with Crippen LogP contribution in [0.3, 0.4) is 0 Å². The van der Waals surface area contributed by atoms with Gasteiger partial charge in [-0.1, -0.05) is 45.0 Å². The maximum Gasteiger partial charge on any atom is 0.220 e. The number of carbonyl (C=O) groups excluding carboxylic acids is 1. The Morgan fingerprint density at radius 2 is 1.96 bits per heavy atom. The lowest BCUT2D eigenvalue weighted by molar-refractivity contribution is -0.125. The maximum absolute atomic E-state index is 11.8. The highest BCUT2D eigenvalue weighted by Gasteiger charge is 2.36. The predicted octanol–water partition coefficient (Wildman–Crippen LogP) is 2.94. The predicted molar refractivity (Wildman–Crippen MR) is 101 cm³/mol. The van der Waals surface area contributed by atoms with Crippen molar-refractivity contribution >= 4 is 5.91 Å². The van der Waals surface area contributed by atoms with Crippen LogP contribution in [0.1, 0.15) is 57.6 Å². The standard InChI is InChI=1S/C21H32N2O2/c1-21(2,3)16-8-6-15(7-9-16)12-13-22-17-10-11-19(24)23-20(17)18-5-4-14-25-18/h6-9,17-18,20,22H,4-5,10-14H2,1-3H3,(H,23,24). The van der Waals surface area contributed by atoms with E-state index >= 15 is 0 Å². The lowest BCUT2D eigenvalue weighted by Gasteiger charge is -2.36. The molecule has 1 aromatic rings. The molecule has 3 rings (SSSR count). The van der Waals surface area contributed by atoms with Crippen molar-refractivity contribution in [2.75, 3.05) is 13.2 Å². The first-order valence-corrected chi connectivity index (χ1v) is 9.67. The molecule has 0 radical (unpaired) electrons. The van der Waals surface area contributed by atoms with Gasteiger partial charge in [-0.2, -0.15) is 0 Å². The first kappa shape index (κ1) is 18.4. The molecule has 2 fully saturated rings. The van der Waals surface area contributed by atoms with Crippen LogP contribution in [-0.2, 0) is 21.4 Å². The Bertz CT molecular complexity index is 571. The highest BCUT2D eigenvalue weighted by molar-refractivity contribution is 5.77. The molecule has 2 N–H and O–H groups in total. The lowest BCUT2D eigenvalue weighted by Crippen LogP contribution is -2.59. The highest BCUT2D eigenvalue weighted by Crippen LogP contribution is 2.23. The average Bonchev–Trinajstić information content (AvgIpc) is 3.10. The van der Waals surface area contributed by atoms with Crippen molar-refractivity contribution in [1.29, 1.82) is 0 Å². The van der Waals surface area contributed by atoms with Gasteiger partial charge >= 0.3 is 0 Å². The second kappa shape index (κ2) is 7.88. The number of hydrogen-bond acceptors (Lipinski definition) is 3. The summed E-state index contributed by atoms with van der Waals surface area (Å²) in [7, 11) is 0. The number of amides is 1. The largest absolute Gasteiger partial charge is 0.376 e. The molecule has 4 heteroatoms. The third-order valence-corrected chi connectivity index (χ3v) is 5.45. The van der Waals surface area contributed by atoms with E-state index in [1.54, 1.807) is 0 Å². The van der Waals surface area contributed by atoms with E-state index in [-0.39, 0.29) is 23.5 Å². The molecule has 0 aliphatic carbocycles. The molecule has 3 unspecified atom stereocenters. The summed E-state index contributed by atoms with van der Waals surface area (Å²) < 4.78 is 5.83. The topological polar surface area (TPSA) is 50.4 Å². The first-order chi connectivity index (χ1) is 11.9. The van der Waals surface area contributed by atoms with E-state index in [0.717, 1.165) is 38.8 Å². The van der Waals surface area contributed by atoms with Crippen molar-refractivity contribution in [2.24, 2.45) is 0 Å². The summed E-state index contributed by atoms with van der Waals surface area (Å²) in [6.07, 6.45) is 4.85. The van der Waals surface area contributed by atoms with E-state index in [9.17, 15) is 4.79 Å². The second-order valence-electron chi connectivity index (χ2n) is 8.44. The van der Waals surface area contributed by atoms with Crippen LogP contribution in [0.25, 0.3) is 0 Å². The highest BCUT2D eigenvalue weighted by atomic mass is 16.5. The van der Waals surface area contributed by atoms with Crippen LogP contribution < -0.4 is 10.6 Å². The molecule has 2 heterocycles. The van der Waals surface area contributed by atoms with Gasteiger partial charge in [0, 0.05) is 19.1 Å². The Labute approximate surface area is 151 Å². The van der Waals surface area contributed by atoms with Crippen molar-refractivity contribution in [3.63, 3.8) is 0 Å². The van der Waals surface area contributed by atoms with Gasteiger partial charge in [-0.05, 0) is 48.8 Å². The van der Waals surface area contributed by atoms with Crippen LogP contribution in [0.2, 0.25) is 0 Å². The van der Waals surface area contributed by atoms with Gasteiger partial charge in [0.05, 0.1) is 12.1 Å². The third-order valence-electron chi connectivity index (χ3n) is 5.45. The molecule has 2 aliphatic heterocycles. The molecule has 1 amide bonds. The van der Waals surface area contributed by atoms with Crippen LogP contribution in [-0.4, -0.2) is 37.2 Å². The van der Waals surface area contributed by atoms with Crippen LogP contribution in [0.4, 0.5) is 0 Å². The molecule has 25 heavy (non-hydrogen) atoms. The monoisotopic (exact) mass is 344 g/mol. The van der Waals surface area contributed by atoms with E-state index < -0.39 is 0 Å². The fourth-order valence-electron chi connectivity index (χ4n) is 3.86. The molecular formula is C21H32N2O2. The van der Waals surface area contributed by atoms with Crippen LogP contribution >= 0.6 is 0 Å². The molecule has 2 aliphatic rings. The third kappa shape index (κ3) is 4.83. The summed E-state index contributed by atoms with van der Waals surface area (Å²) in [5, 5.41) is 6.82. The Balaban J connectivity index is 1.52. The molecule has 1 aromatic carbocycles. The van der Waals surface area contributed by atoms with Gasteiger partial charge in [0.2, 0.25) is 5.91 Å². The molecule has 0 saturated carbocycles. The minimum Gasteiger partial charge on any atom is -0.376 e. The summed E-state index contributed by atoms with van der Waals surface area (Å²) in [6, 6.07) is 9.39. The molecule has 138 valence electrons.